The van der Waals surface area contributed by atoms with E-state index in [9.17, 15) is 0 Å². The van der Waals surface area contributed by atoms with E-state index in [-0.39, 0.29) is 5.54 Å². The van der Waals surface area contributed by atoms with Gasteiger partial charge in [0.1, 0.15) is 0 Å². The minimum Gasteiger partial charge on any atom is -0.325 e. The van der Waals surface area contributed by atoms with Gasteiger partial charge in [-0.3, -0.25) is 4.98 Å². The fourth-order valence-electron chi connectivity index (χ4n) is 2.58. The lowest BCUT2D eigenvalue weighted by Crippen LogP contribution is -2.22. The number of nitrogens with two attached hydrogens (primary N) is 1. The van der Waals surface area contributed by atoms with E-state index in [0.29, 0.717) is 0 Å². The van der Waals surface area contributed by atoms with Crippen LogP contribution < -0.4 is 5.73 Å². The van der Waals surface area contributed by atoms with Crippen molar-refractivity contribution in [3.63, 3.8) is 0 Å². The molecule has 1 heterocycles. The van der Waals surface area contributed by atoms with E-state index in [0.717, 1.165) is 12.8 Å². The molecular weight excluding hydrogens is 196 g/mol. The molecule has 0 spiro atoms. The Kier molecular flexibility index (Phi) is 2.47. The zero-order valence-electron chi connectivity index (χ0n) is 9.84. The monoisotopic (exact) mass is 216 g/mol. The van der Waals surface area contributed by atoms with Crippen LogP contribution >= 0.6 is 0 Å². The highest BCUT2D eigenvalue weighted by molar-refractivity contribution is 5.27. The molecule has 0 amide bonds. The Labute approximate surface area is 97.3 Å². The van der Waals surface area contributed by atoms with Gasteiger partial charge in [-0.05, 0) is 62.5 Å². The average molecular weight is 216 g/mol. The van der Waals surface area contributed by atoms with Gasteiger partial charge in [0, 0.05) is 17.4 Å². The number of nitrogens with zero attached hydrogens (tertiary/aromatic N) is 1. The maximum atomic E-state index is 6.11. The van der Waals surface area contributed by atoms with Gasteiger partial charge in [-0.15, -0.1) is 0 Å². The van der Waals surface area contributed by atoms with Gasteiger partial charge in [0.05, 0.1) is 0 Å². The maximum absolute atomic E-state index is 6.11. The molecule has 2 aliphatic rings. The first-order valence-corrected chi connectivity index (χ1v) is 6.51. The molecule has 0 atom stereocenters. The summed E-state index contributed by atoms with van der Waals surface area (Å²) in [7, 11) is 0. The zero-order valence-corrected chi connectivity index (χ0v) is 9.84. The Morgan fingerprint density at radius 1 is 1.25 bits per heavy atom. The van der Waals surface area contributed by atoms with E-state index in [1.54, 1.807) is 0 Å². The lowest BCUT2D eigenvalue weighted by molar-refractivity contribution is 0.605. The first-order chi connectivity index (χ1) is 7.75. The summed E-state index contributed by atoms with van der Waals surface area (Å²) in [6.07, 6.45) is 11.8. The van der Waals surface area contributed by atoms with Gasteiger partial charge < -0.3 is 5.73 Å². The van der Waals surface area contributed by atoms with E-state index >= 15 is 0 Å². The van der Waals surface area contributed by atoms with Crippen LogP contribution in [0.5, 0.6) is 0 Å². The summed E-state index contributed by atoms with van der Waals surface area (Å²) in [6.45, 7) is 0. The number of hydrogen-bond donors (Lipinski definition) is 1. The Morgan fingerprint density at radius 2 is 2.06 bits per heavy atom. The first-order valence-electron chi connectivity index (χ1n) is 6.51. The SMILES string of the molecule is NC1(CCc2cnc3c(c2)CCCC3)CC1. The lowest BCUT2D eigenvalue weighted by atomic mass is 9.94. The fraction of sp³-hybridized carbons (Fsp3) is 0.643. The lowest BCUT2D eigenvalue weighted by Gasteiger charge is -2.16. The summed E-state index contributed by atoms with van der Waals surface area (Å²) in [5.41, 5.74) is 10.5. The number of rotatable bonds is 3. The number of aromatic nitrogens is 1. The number of hydrogen-bond acceptors (Lipinski definition) is 2. The van der Waals surface area contributed by atoms with Crippen molar-refractivity contribution in [1.29, 1.82) is 0 Å². The smallest absolute Gasteiger partial charge is 0.0435 e. The van der Waals surface area contributed by atoms with Crippen LogP contribution in [0.25, 0.3) is 0 Å². The van der Waals surface area contributed by atoms with Gasteiger partial charge in [0.15, 0.2) is 0 Å². The molecule has 2 nitrogen and oxygen atoms in total. The van der Waals surface area contributed by atoms with Crippen molar-refractivity contribution < 1.29 is 0 Å². The number of fused-ring (bicyclic) bond motifs is 1. The van der Waals surface area contributed by atoms with Crippen LogP contribution in [0.4, 0.5) is 0 Å². The summed E-state index contributed by atoms with van der Waals surface area (Å²) in [5.74, 6) is 0. The van der Waals surface area contributed by atoms with Gasteiger partial charge in [0.25, 0.3) is 0 Å². The predicted molar refractivity (Wildman–Crippen MR) is 65.4 cm³/mol. The van der Waals surface area contributed by atoms with Gasteiger partial charge >= 0.3 is 0 Å². The van der Waals surface area contributed by atoms with Crippen molar-refractivity contribution in [3.8, 4) is 0 Å². The molecule has 1 aromatic heterocycles. The quantitative estimate of drug-likeness (QED) is 0.842. The second-order valence-corrected chi connectivity index (χ2v) is 5.52. The van der Waals surface area contributed by atoms with Crippen LogP contribution in [0.3, 0.4) is 0 Å². The van der Waals surface area contributed by atoms with Crippen LogP contribution in [0.15, 0.2) is 12.3 Å². The molecule has 0 saturated heterocycles. The van der Waals surface area contributed by atoms with Crippen molar-refractivity contribution in [3.05, 3.63) is 29.1 Å². The van der Waals surface area contributed by atoms with E-state index in [4.69, 9.17) is 5.73 Å². The number of aryl methyl sites for hydroxylation is 3. The zero-order chi connectivity index (χ0) is 11.0. The molecule has 0 bridgehead atoms. The van der Waals surface area contributed by atoms with Crippen LogP contribution in [-0.2, 0) is 19.3 Å². The summed E-state index contributed by atoms with van der Waals surface area (Å²) in [6, 6.07) is 2.37. The van der Waals surface area contributed by atoms with Crippen molar-refractivity contribution >= 4 is 0 Å². The molecule has 2 N–H and O–H groups in total. The third kappa shape index (κ3) is 2.12. The molecular formula is C14H20N2. The molecule has 2 heteroatoms. The molecule has 2 aliphatic carbocycles. The molecule has 0 radical (unpaired) electrons. The normalized spacial score (nSPS) is 21.6. The average Bonchev–Trinajstić information content (AvgIpc) is 3.05. The Bertz CT molecular complexity index is 394. The molecule has 86 valence electrons. The Morgan fingerprint density at radius 3 is 2.88 bits per heavy atom. The van der Waals surface area contributed by atoms with Gasteiger partial charge in [0.2, 0.25) is 0 Å². The van der Waals surface area contributed by atoms with E-state index < -0.39 is 0 Å². The highest BCUT2D eigenvalue weighted by Crippen LogP contribution is 2.36. The highest BCUT2D eigenvalue weighted by atomic mass is 14.8. The van der Waals surface area contributed by atoms with Crippen molar-refractivity contribution in [2.24, 2.45) is 5.73 Å². The van der Waals surface area contributed by atoms with E-state index in [1.165, 1.54) is 55.3 Å². The minimum atomic E-state index is 0.176. The van der Waals surface area contributed by atoms with Crippen molar-refractivity contribution in [1.82, 2.24) is 4.98 Å². The molecule has 0 aliphatic heterocycles. The largest absolute Gasteiger partial charge is 0.325 e. The van der Waals surface area contributed by atoms with E-state index in [1.807, 2.05) is 0 Å². The number of pyridine rings is 1. The fourth-order valence-corrected chi connectivity index (χ4v) is 2.58. The molecule has 1 aromatic rings. The van der Waals surface area contributed by atoms with Gasteiger partial charge in [-0.2, -0.15) is 0 Å². The summed E-state index contributed by atoms with van der Waals surface area (Å²) in [5, 5.41) is 0. The summed E-state index contributed by atoms with van der Waals surface area (Å²) < 4.78 is 0. The first kappa shape index (κ1) is 10.3. The third-order valence-electron chi connectivity index (χ3n) is 4.03. The second-order valence-electron chi connectivity index (χ2n) is 5.52. The third-order valence-corrected chi connectivity index (χ3v) is 4.03. The van der Waals surface area contributed by atoms with Crippen molar-refractivity contribution in [2.75, 3.05) is 0 Å². The molecule has 1 fully saturated rings. The highest BCUT2D eigenvalue weighted by Gasteiger charge is 2.37. The summed E-state index contributed by atoms with van der Waals surface area (Å²) in [4.78, 5) is 4.60. The van der Waals surface area contributed by atoms with Crippen LogP contribution in [0, 0.1) is 0 Å². The van der Waals surface area contributed by atoms with E-state index in [2.05, 4.69) is 17.2 Å². The molecule has 1 saturated carbocycles. The van der Waals surface area contributed by atoms with Gasteiger partial charge in [-0.25, -0.2) is 0 Å². The van der Waals surface area contributed by atoms with Gasteiger partial charge in [-0.1, -0.05) is 6.07 Å². The van der Waals surface area contributed by atoms with Crippen molar-refractivity contribution in [2.45, 2.75) is 56.9 Å². The summed E-state index contributed by atoms with van der Waals surface area (Å²) >= 11 is 0. The maximum Gasteiger partial charge on any atom is 0.0435 e. The Hall–Kier alpha value is -0.890. The minimum absolute atomic E-state index is 0.176. The molecule has 0 aromatic carbocycles. The standard InChI is InChI=1S/C14H20N2/c15-14(7-8-14)6-5-11-9-12-3-1-2-4-13(12)16-10-11/h9-10H,1-8,15H2. The molecule has 0 unspecified atom stereocenters. The Balaban J connectivity index is 1.70. The second kappa shape index (κ2) is 3.85. The van der Waals surface area contributed by atoms with Crippen LogP contribution in [0.1, 0.15) is 48.9 Å². The van der Waals surface area contributed by atoms with Crippen LogP contribution in [-0.4, -0.2) is 10.5 Å². The molecule has 16 heavy (non-hydrogen) atoms. The predicted octanol–water partition coefficient (Wildman–Crippen LogP) is 2.38. The molecule has 3 rings (SSSR count). The van der Waals surface area contributed by atoms with Crippen LogP contribution in [0.2, 0.25) is 0 Å². The topological polar surface area (TPSA) is 38.9 Å².